The van der Waals surface area contributed by atoms with Crippen molar-refractivity contribution in [1.29, 1.82) is 0 Å². The Morgan fingerprint density at radius 3 is 0.738 bits per heavy atom. The van der Waals surface area contributed by atoms with Crippen molar-refractivity contribution in [3.63, 3.8) is 0 Å². The van der Waals surface area contributed by atoms with Crippen molar-refractivity contribution in [2.45, 2.75) is 13.8 Å². The van der Waals surface area contributed by atoms with E-state index in [-0.39, 0.29) is 0 Å². The lowest BCUT2D eigenvalue weighted by molar-refractivity contribution is 1.08. The van der Waals surface area contributed by atoms with E-state index < -0.39 is 0 Å². The van der Waals surface area contributed by atoms with Crippen LogP contribution in [0.4, 0.5) is 0 Å². The second-order valence-corrected chi connectivity index (χ2v) is 13.6. The fraction of sp³-hybridized carbons (Fsp3) is 0.0625. The van der Waals surface area contributed by atoms with E-state index in [1.165, 1.54) is 0 Å². The van der Waals surface area contributed by atoms with Crippen molar-refractivity contribution in [3.8, 4) is 0 Å². The minimum atomic E-state index is 0.687. The molecule has 9 heterocycles. The van der Waals surface area contributed by atoms with Gasteiger partial charge in [0.15, 0.2) is 0 Å². The largest absolute Gasteiger partial charge is 0.214 e. The highest BCUT2D eigenvalue weighted by Gasteiger charge is 1.99. The quantitative estimate of drug-likeness (QED) is 0.168. The summed E-state index contributed by atoms with van der Waals surface area (Å²) in [5.41, 5.74) is 0. The Hall–Kier alpha value is -4.22. The Morgan fingerprint density at radius 1 is 0.310 bits per heavy atom. The summed E-state index contributed by atoms with van der Waals surface area (Å²) in [5.74, 6) is 1.41. The highest BCUT2D eigenvalue weighted by molar-refractivity contribution is 7.24. The van der Waals surface area contributed by atoms with Gasteiger partial charge in [-0.15, -0.1) is 0 Å². The number of hydrogen-bond donors (Lipinski definition) is 0. The maximum atomic E-state index is 4.74. The van der Waals surface area contributed by atoms with Crippen LogP contribution < -0.4 is 0 Å². The first kappa shape index (κ1) is 26.7. The van der Waals surface area contributed by atoms with Crippen LogP contribution in [0.3, 0.4) is 0 Å². The van der Waals surface area contributed by atoms with Crippen LogP contribution in [-0.4, -0.2) is 29.9 Å². The SMILES string of the molecule is Cc1nc2nc(n1)sc1ccc(cc1)c1ccc(cc1)sc1nc(C)nc(n1)sc1ccc(cc1)c1ccc(cc1)s2. The van der Waals surface area contributed by atoms with Crippen molar-refractivity contribution >= 4 is 106 Å². The predicted molar refractivity (Wildman–Crippen MR) is 181 cm³/mol. The van der Waals surface area contributed by atoms with Gasteiger partial charge in [0.1, 0.15) is 11.6 Å². The molecular weight excluding hydrogens is 597 g/mol. The molecule has 0 N–H and O–H groups in total. The molecule has 0 unspecified atom stereocenters. The molecule has 6 nitrogen and oxygen atoms in total. The first-order chi connectivity index (χ1) is 20.5. The Kier molecular flexibility index (Phi) is 7.35. The molecule has 0 spiro atoms. The van der Waals surface area contributed by atoms with Crippen LogP contribution >= 0.6 is 45.3 Å². The van der Waals surface area contributed by atoms with Crippen LogP contribution in [0.15, 0.2) is 97.1 Å². The molecule has 204 valence electrons. The number of aromatic nitrogens is 6. The zero-order chi connectivity index (χ0) is 28.5. The lowest BCUT2D eigenvalue weighted by Gasteiger charge is -1.97. The zero-order valence-electron chi connectivity index (χ0n) is 22.6. The summed E-state index contributed by atoms with van der Waals surface area (Å²) in [4.78, 5) is 30.5. The fourth-order valence-electron chi connectivity index (χ4n) is 4.33. The van der Waals surface area contributed by atoms with E-state index in [2.05, 4.69) is 117 Å². The summed E-state index contributed by atoms with van der Waals surface area (Å²) in [6, 6.07) is 33.9. The first-order valence-electron chi connectivity index (χ1n) is 13.1. The topological polar surface area (TPSA) is 77.3 Å². The molecule has 9 aromatic heterocycles. The molecule has 0 atom stereocenters. The average Bonchev–Trinajstić information content (AvgIpc) is 2.98. The Morgan fingerprint density at radius 2 is 0.524 bits per heavy atom. The van der Waals surface area contributed by atoms with Gasteiger partial charge in [0.25, 0.3) is 0 Å². The molecule has 0 fully saturated rings. The normalized spacial score (nSPS) is 11.1. The number of benzene rings is 4. The molecule has 0 saturated heterocycles. The average molecular weight is 619 g/mol. The Bertz CT molecular complexity index is 1960. The van der Waals surface area contributed by atoms with E-state index in [0.717, 1.165) is 40.3 Å². The van der Waals surface area contributed by atoms with Crippen LogP contribution in [0.25, 0.3) is 60.2 Å². The zero-order valence-corrected chi connectivity index (χ0v) is 25.8. The lowest BCUT2D eigenvalue weighted by atomic mass is 10.1. The van der Waals surface area contributed by atoms with Gasteiger partial charge in [0.05, 0.1) is 0 Å². The maximum Gasteiger partial charge on any atom is 0.214 e. The second kappa shape index (κ2) is 11.6. The van der Waals surface area contributed by atoms with Gasteiger partial charge in [-0.05, 0) is 83.9 Å². The van der Waals surface area contributed by atoms with Crippen LogP contribution in [0.5, 0.6) is 0 Å². The van der Waals surface area contributed by atoms with Crippen LogP contribution in [0.1, 0.15) is 11.6 Å². The van der Waals surface area contributed by atoms with Crippen molar-refractivity contribution in [2.24, 2.45) is 0 Å². The van der Waals surface area contributed by atoms with Gasteiger partial charge in [-0.1, -0.05) is 93.9 Å². The molecule has 0 aliphatic rings. The summed E-state index contributed by atoms with van der Waals surface area (Å²) in [7, 11) is 0. The van der Waals surface area contributed by atoms with E-state index in [4.69, 9.17) is 9.97 Å². The monoisotopic (exact) mass is 618 g/mol. The fourth-order valence-corrected chi connectivity index (χ4v) is 7.62. The summed E-state index contributed by atoms with van der Waals surface area (Å²) in [6.07, 6.45) is 0. The number of hydrogen-bond acceptors (Lipinski definition) is 10. The standard InChI is InChI=1S/C32H22N6S4/c1-19-33-29-37-30(34-19)40-26-13-5-22(6-14-26)24-9-17-28(18-10-24)42-32-36-20(2)35-31(38-32)41-27-15-7-23(8-16-27)21-3-11-25(39-29)12-4-21/h3-18H,1-2H3. The number of nitrogens with zero attached hydrogens (tertiary/aromatic N) is 6. The Balaban J connectivity index is 1.48. The molecule has 0 radical (unpaired) electrons. The molecule has 42 heavy (non-hydrogen) atoms. The van der Waals surface area contributed by atoms with Crippen molar-refractivity contribution in [3.05, 3.63) is 109 Å². The lowest BCUT2D eigenvalue weighted by Crippen LogP contribution is -1.88. The third-order valence-corrected chi connectivity index (χ3v) is 9.82. The Labute approximate surface area is 256 Å². The third-order valence-electron chi connectivity index (χ3n) is 6.33. The van der Waals surface area contributed by atoms with Crippen LogP contribution in [0.2, 0.25) is 0 Å². The van der Waals surface area contributed by atoms with E-state index >= 15 is 0 Å². The van der Waals surface area contributed by atoms with Gasteiger partial charge < -0.3 is 0 Å². The predicted octanol–water partition coefficient (Wildman–Crippen LogP) is 9.77. The molecule has 0 aliphatic carbocycles. The number of aryl methyl sites for hydroxylation is 2. The van der Waals surface area contributed by atoms with Crippen LogP contribution in [0, 0.1) is 13.8 Å². The molecular formula is C32H22N6S4. The van der Waals surface area contributed by atoms with E-state index in [1.54, 1.807) is 45.3 Å². The molecule has 13 rings (SSSR count). The van der Waals surface area contributed by atoms with Crippen molar-refractivity contribution in [2.75, 3.05) is 0 Å². The van der Waals surface area contributed by atoms with Crippen molar-refractivity contribution < 1.29 is 0 Å². The molecule has 0 aliphatic heterocycles. The molecule has 13 aromatic rings. The van der Waals surface area contributed by atoms with Gasteiger partial charge in [0, 0.05) is 18.8 Å². The molecule has 0 amide bonds. The molecule has 4 aromatic carbocycles. The van der Waals surface area contributed by atoms with E-state index in [1.807, 2.05) is 13.8 Å². The van der Waals surface area contributed by atoms with Gasteiger partial charge in [-0.2, -0.15) is 9.97 Å². The molecule has 10 heteroatoms. The van der Waals surface area contributed by atoms with E-state index in [9.17, 15) is 0 Å². The maximum absolute atomic E-state index is 4.74. The summed E-state index contributed by atoms with van der Waals surface area (Å²) < 4.78 is 4.29. The van der Waals surface area contributed by atoms with E-state index in [0.29, 0.717) is 31.5 Å². The highest BCUT2D eigenvalue weighted by atomic mass is 32.1. The second-order valence-electron chi connectivity index (χ2n) is 9.40. The van der Waals surface area contributed by atoms with Gasteiger partial charge in [-0.25, -0.2) is 19.9 Å². The highest BCUT2D eigenvalue weighted by Crippen LogP contribution is 2.22. The van der Waals surface area contributed by atoms with Crippen molar-refractivity contribution in [1.82, 2.24) is 29.9 Å². The summed E-state index contributed by atoms with van der Waals surface area (Å²) in [5, 5.41) is 4.57. The van der Waals surface area contributed by atoms with Gasteiger partial charge in [0.2, 0.25) is 19.8 Å². The molecule has 0 saturated carbocycles. The minimum absolute atomic E-state index is 0.687. The van der Waals surface area contributed by atoms with Gasteiger partial charge in [-0.3, -0.25) is 0 Å². The third kappa shape index (κ3) is 6.17. The number of rotatable bonds is 0. The molecule has 12 bridgehead atoms. The minimum Gasteiger partial charge on any atom is -0.204 e. The summed E-state index contributed by atoms with van der Waals surface area (Å²) in [6.45, 7) is 3.82. The summed E-state index contributed by atoms with van der Waals surface area (Å²) >= 11 is 6.16. The van der Waals surface area contributed by atoms with Gasteiger partial charge >= 0.3 is 0 Å². The first-order valence-corrected chi connectivity index (χ1v) is 16.4. The smallest absolute Gasteiger partial charge is 0.204 e. The van der Waals surface area contributed by atoms with Crippen LogP contribution in [-0.2, 0) is 0 Å².